The summed E-state index contributed by atoms with van der Waals surface area (Å²) in [5.74, 6) is 0. The van der Waals surface area contributed by atoms with Crippen LogP contribution in [0.2, 0.25) is 0 Å². The fourth-order valence-electron chi connectivity index (χ4n) is 1.44. The van der Waals surface area contributed by atoms with E-state index in [0.717, 1.165) is 6.54 Å². The number of nitrogens with one attached hydrogen (secondary N) is 1. The number of amides is 1. The van der Waals surface area contributed by atoms with Crippen molar-refractivity contribution in [3.05, 3.63) is 0 Å². The molecule has 1 N–H and O–H groups in total. The van der Waals surface area contributed by atoms with Crippen LogP contribution in [0.5, 0.6) is 0 Å². The van der Waals surface area contributed by atoms with Gasteiger partial charge in [-0.1, -0.05) is 6.42 Å². The van der Waals surface area contributed by atoms with E-state index < -0.39 is 0 Å². The van der Waals surface area contributed by atoms with Crippen LogP contribution in [0.15, 0.2) is 0 Å². The van der Waals surface area contributed by atoms with Crippen LogP contribution in [0.3, 0.4) is 0 Å². The van der Waals surface area contributed by atoms with Gasteiger partial charge in [0.25, 0.3) is 0 Å². The number of rotatable bonds is 4. The van der Waals surface area contributed by atoms with Crippen molar-refractivity contribution in [3.8, 4) is 0 Å². The van der Waals surface area contributed by atoms with Gasteiger partial charge in [-0.15, -0.1) is 0 Å². The molecule has 0 aromatic rings. The second kappa shape index (κ2) is 4.74. The third-order valence-corrected chi connectivity index (χ3v) is 3.95. The Hall–Kier alpha value is -0.380. The normalized spacial score (nSPS) is 18.9. The van der Waals surface area contributed by atoms with Gasteiger partial charge in [0.15, 0.2) is 0 Å². The third kappa shape index (κ3) is 2.79. The molecule has 4 heteroatoms. The second-order valence-corrected chi connectivity index (χ2v) is 4.59. The summed E-state index contributed by atoms with van der Waals surface area (Å²) in [6, 6.07) is 0. The van der Waals surface area contributed by atoms with E-state index in [1.807, 2.05) is 18.7 Å². The molecule has 1 rings (SSSR count). The first-order valence-electron chi connectivity index (χ1n) is 4.68. The van der Waals surface area contributed by atoms with Crippen molar-refractivity contribution >= 4 is 17.9 Å². The largest absolute Gasteiger partial charge is 0.450 e. The molecule has 13 heavy (non-hydrogen) atoms. The topological polar surface area (TPSA) is 38.3 Å². The minimum Gasteiger partial charge on any atom is -0.450 e. The fraction of sp³-hybridized carbons (Fsp3) is 0.889. The van der Waals surface area contributed by atoms with E-state index in [2.05, 4.69) is 11.6 Å². The molecule has 0 aromatic carbocycles. The van der Waals surface area contributed by atoms with Gasteiger partial charge in [-0.25, -0.2) is 4.79 Å². The monoisotopic (exact) mass is 203 g/mol. The standard InChI is InChI=1S/C9H17NO2S/c1-3-12-8(11)10-7-9(13-2)5-4-6-9/h3-7H2,1-2H3,(H,10,11). The molecule has 0 aromatic heterocycles. The van der Waals surface area contributed by atoms with Crippen LogP contribution < -0.4 is 5.32 Å². The molecule has 1 fully saturated rings. The zero-order valence-electron chi connectivity index (χ0n) is 8.26. The third-order valence-electron chi connectivity index (χ3n) is 2.53. The molecule has 0 saturated heterocycles. The van der Waals surface area contributed by atoms with Crippen LogP contribution in [0, 0.1) is 0 Å². The molecule has 3 nitrogen and oxygen atoms in total. The predicted molar refractivity (Wildman–Crippen MR) is 55.1 cm³/mol. The molecule has 0 unspecified atom stereocenters. The number of carbonyl (C=O) groups excluding carboxylic acids is 1. The predicted octanol–water partition coefficient (Wildman–Crippen LogP) is 2.02. The summed E-state index contributed by atoms with van der Waals surface area (Å²) in [5.41, 5.74) is 0. The van der Waals surface area contributed by atoms with Crippen molar-refractivity contribution in [2.75, 3.05) is 19.4 Å². The fourth-order valence-corrected chi connectivity index (χ4v) is 2.35. The van der Waals surface area contributed by atoms with Gasteiger partial charge in [0.05, 0.1) is 6.61 Å². The van der Waals surface area contributed by atoms with Crippen molar-refractivity contribution in [1.82, 2.24) is 5.32 Å². The van der Waals surface area contributed by atoms with Crippen LogP contribution in [-0.2, 0) is 4.74 Å². The highest BCUT2D eigenvalue weighted by molar-refractivity contribution is 8.00. The average molecular weight is 203 g/mol. The van der Waals surface area contributed by atoms with Crippen molar-refractivity contribution in [2.45, 2.75) is 30.9 Å². The lowest BCUT2D eigenvalue weighted by Gasteiger charge is -2.40. The van der Waals surface area contributed by atoms with E-state index in [-0.39, 0.29) is 6.09 Å². The molecular formula is C9H17NO2S. The maximum Gasteiger partial charge on any atom is 0.407 e. The first-order chi connectivity index (χ1) is 6.22. The number of hydrogen-bond donors (Lipinski definition) is 1. The van der Waals surface area contributed by atoms with Gasteiger partial charge in [0.1, 0.15) is 0 Å². The molecule has 0 radical (unpaired) electrons. The first kappa shape index (κ1) is 10.7. The van der Waals surface area contributed by atoms with Gasteiger partial charge in [-0.3, -0.25) is 0 Å². The Balaban J connectivity index is 2.20. The molecule has 1 aliphatic carbocycles. The minimum atomic E-state index is -0.289. The van der Waals surface area contributed by atoms with Crippen molar-refractivity contribution in [1.29, 1.82) is 0 Å². The summed E-state index contributed by atoms with van der Waals surface area (Å²) in [6.07, 6.45) is 5.51. The summed E-state index contributed by atoms with van der Waals surface area (Å²) < 4.78 is 5.09. The van der Waals surface area contributed by atoms with E-state index in [4.69, 9.17) is 4.74 Å². The molecule has 0 spiro atoms. The average Bonchev–Trinajstić information content (AvgIpc) is 2.04. The van der Waals surface area contributed by atoms with E-state index in [1.165, 1.54) is 19.3 Å². The first-order valence-corrected chi connectivity index (χ1v) is 5.91. The van der Waals surface area contributed by atoms with Gasteiger partial charge >= 0.3 is 6.09 Å². The summed E-state index contributed by atoms with van der Waals surface area (Å²) in [4.78, 5) is 11.0. The Labute approximate surface area is 83.6 Å². The lowest BCUT2D eigenvalue weighted by molar-refractivity contribution is 0.149. The van der Waals surface area contributed by atoms with Crippen molar-refractivity contribution in [3.63, 3.8) is 0 Å². The SMILES string of the molecule is CCOC(=O)NCC1(SC)CCC1. The van der Waals surface area contributed by atoms with Gasteiger partial charge in [0.2, 0.25) is 0 Å². The highest BCUT2D eigenvalue weighted by Gasteiger charge is 2.36. The quantitative estimate of drug-likeness (QED) is 0.759. The molecule has 1 amide bonds. The van der Waals surface area contributed by atoms with Crippen molar-refractivity contribution in [2.24, 2.45) is 0 Å². The number of hydrogen-bond acceptors (Lipinski definition) is 3. The summed E-state index contributed by atoms with van der Waals surface area (Å²) in [6.45, 7) is 3.00. The Morgan fingerprint density at radius 1 is 1.62 bits per heavy atom. The summed E-state index contributed by atoms with van der Waals surface area (Å²) in [5, 5.41) is 2.80. The van der Waals surface area contributed by atoms with Crippen LogP contribution in [0.1, 0.15) is 26.2 Å². The highest BCUT2D eigenvalue weighted by Crippen LogP contribution is 2.42. The van der Waals surface area contributed by atoms with Crippen molar-refractivity contribution < 1.29 is 9.53 Å². The second-order valence-electron chi connectivity index (χ2n) is 3.31. The van der Waals surface area contributed by atoms with E-state index in [0.29, 0.717) is 11.4 Å². The highest BCUT2D eigenvalue weighted by atomic mass is 32.2. The Morgan fingerprint density at radius 3 is 2.69 bits per heavy atom. The molecule has 0 heterocycles. The van der Waals surface area contributed by atoms with Crippen LogP contribution >= 0.6 is 11.8 Å². The zero-order chi connectivity index (χ0) is 9.73. The smallest absolute Gasteiger partial charge is 0.407 e. The number of carbonyl (C=O) groups is 1. The lowest BCUT2D eigenvalue weighted by atomic mass is 9.84. The number of thioether (sulfide) groups is 1. The molecule has 1 saturated carbocycles. The van der Waals surface area contributed by atoms with Gasteiger partial charge in [-0.05, 0) is 26.0 Å². The number of ether oxygens (including phenoxy) is 1. The number of alkyl carbamates (subject to hydrolysis) is 1. The summed E-state index contributed by atoms with van der Waals surface area (Å²) in [7, 11) is 0. The van der Waals surface area contributed by atoms with Gasteiger partial charge < -0.3 is 10.1 Å². The molecule has 76 valence electrons. The zero-order valence-corrected chi connectivity index (χ0v) is 9.08. The van der Waals surface area contributed by atoms with Crippen LogP contribution in [-0.4, -0.2) is 30.2 Å². The molecule has 0 atom stereocenters. The van der Waals surface area contributed by atoms with Crippen LogP contribution in [0.4, 0.5) is 4.79 Å². The molecule has 0 bridgehead atoms. The molecule has 1 aliphatic rings. The summed E-state index contributed by atoms with van der Waals surface area (Å²) >= 11 is 1.85. The van der Waals surface area contributed by atoms with Crippen LogP contribution in [0.25, 0.3) is 0 Å². The molecular weight excluding hydrogens is 186 g/mol. The van der Waals surface area contributed by atoms with E-state index >= 15 is 0 Å². The maximum absolute atomic E-state index is 11.0. The Morgan fingerprint density at radius 2 is 2.31 bits per heavy atom. The Kier molecular flexibility index (Phi) is 3.90. The van der Waals surface area contributed by atoms with Gasteiger partial charge in [-0.2, -0.15) is 11.8 Å². The van der Waals surface area contributed by atoms with Gasteiger partial charge in [0, 0.05) is 11.3 Å². The molecule has 0 aliphatic heterocycles. The maximum atomic E-state index is 11.0. The Bertz CT molecular complexity index is 175. The van der Waals surface area contributed by atoms with E-state index in [1.54, 1.807) is 0 Å². The van der Waals surface area contributed by atoms with E-state index in [9.17, 15) is 4.79 Å². The lowest BCUT2D eigenvalue weighted by Crippen LogP contribution is -2.45. The minimum absolute atomic E-state index is 0.289.